The van der Waals surface area contributed by atoms with Crippen molar-refractivity contribution in [3.63, 3.8) is 0 Å². The molecule has 0 aromatic carbocycles. The molecule has 2 rings (SSSR count). The van der Waals surface area contributed by atoms with E-state index in [1.54, 1.807) is 0 Å². The molecule has 1 N–H and O–H groups in total. The summed E-state index contributed by atoms with van der Waals surface area (Å²) in [6.07, 6.45) is 6.79. The van der Waals surface area contributed by atoms with Crippen molar-refractivity contribution in [3.8, 4) is 0 Å². The fourth-order valence-electron chi connectivity index (χ4n) is 3.03. The summed E-state index contributed by atoms with van der Waals surface area (Å²) in [5.74, 6) is -0.120. The highest BCUT2D eigenvalue weighted by molar-refractivity contribution is 5.98. The van der Waals surface area contributed by atoms with Gasteiger partial charge in [-0.15, -0.1) is 0 Å². The van der Waals surface area contributed by atoms with Crippen molar-refractivity contribution in [1.29, 1.82) is 0 Å². The van der Waals surface area contributed by atoms with Crippen LogP contribution in [0, 0.1) is 5.82 Å². The molecular formula is C16H24FN3O. The van der Waals surface area contributed by atoms with E-state index < -0.39 is 5.82 Å². The van der Waals surface area contributed by atoms with Crippen LogP contribution in [0.4, 0.5) is 10.2 Å². The number of nitrogens with zero attached hydrogens (tertiary/aromatic N) is 2. The number of carbonyl (C=O) groups excluding carboxylic acids is 1. The van der Waals surface area contributed by atoms with Crippen LogP contribution in [0.25, 0.3) is 0 Å². The monoisotopic (exact) mass is 293 g/mol. The van der Waals surface area contributed by atoms with Gasteiger partial charge in [0, 0.05) is 19.1 Å². The Bertz CT molecular complexity index is 486. The van der Waals surface area contributed by atoms with E-state index in [9.17, 15) is 9.18 Å². The van der Waals surface area contributed by atoms with Gasteiger partial charge in [-0.05, 0) is 32.8 Å². The maximum Gasteiger partial charge on any atom is 0.257 e. The van der Waals surface area contributed by atoms with Crippen LogP contribution in [0.1, 0.15) is 56.3 Å². The van der Waals surface area contributed by atoms with Crippen LogP contribution in [0.5, 0.6) is 0 Å². The fourth-order valence-corrected chi connectivity index (χ4v) is 3.03. The second-order valence-electron chi connectivity index (χ2n) is 5.46. The van der Waals surface area contributed by atoms with Gasteiger partial charge in [0.1, 0.15) is 11.6 Å². The van der Waals surface area contributed by atoms with E-state index in [2.05, 4.69) is 10.3 Å². The second-order valence-corrected chi connectivity index (χ2v) is 5.46. The van der Waals surface area contributed by atoms with Crippen LogP contribution >= 0.6 is 0 Å². The molecule has 1 aliphatic rings. The fraction of sp³-hybridized carbons (Fsp3) is 0.625. The number of halogens is 1. The summed E-state index contributed by atoms with van der Waals surface area (Å²) in [7, 11) is 0. The minimum atomic E-state index is -0.472. The van der Waals surface area contributed by atoms with Crippen LogP contribution in [-0.4, -0.2) is 34.9 Å². The Labute approximate surface area is 125 Å². The Morgan fingerprint density at radius 1 is 1.38 bits per heavy atom. The van der Waals surface area contributed by atoms with Crippen molar-refractivity contribution in [2.75, 3.05) is 18.4 Å². The third-order valence-electron chi connectivity index (χ3n) is 4.05. The first kappa shape index (κ1) is 15.7. The summed E-state index contributed by atoms with van der Waals surface area (Å²) in [5, 5.41) is 3.04. The van der Waals surface area contributed by atoms with E-state index in [0.29, 0.717) is 24.5 Å². The number of nitrogens with one attached hydrogen (secondary N) is 1. The van der Waals surface area contributed by atoms with Crippen molar-refractivity contribution >= 4 is 11.7 Å². The molecule has 1 aliphatic carbocycles. The molecule has 0 bridgehead atoms. The number of carbonyl (C=O) groups is 1. The highest BCUT2D eigenvalue weighted by Crippen LogP contribution is 2.25. The molecule has 0 saturated heterocycles. The zero-order valence-electron chi connectivity index (χ0n) is 12.9. The standard InChI is InChI=1S/C16H24FN3O/c1-3-18-15-14(10-12(17)11-19-15)16(21)20(4-2)13-8-6-5-7-9-13/h10-11,13H,3-9H2,1-2H3,(H,18,19). The van der Waals surface area contributed by atoms with Gasteiger partial charge in [0.2, 0.25) is 0 Å². The van der Waals surface area contributed by atoms with Gasteiger partial charge >= 0.3 is 0 Å². The Morgan fingerprint density at radius 3 is 2.71 bits per heavy atom. The summed E-state index contributed by atoms with van der Waals surface area (Å²) in [6, 6.07) is 1.56. The lowest BCUT2D eigenvalue weighted by Crippen LogP contribution is -2.41. The zero-order valence-corrected chi connectivity index (χ0v) is 12.9. The van der Waals surface area contributed by atoms with E-state index >= 15 is 0 Å². The summed E-state index contributed by atoms with van der Waals surface area (Å²) in [5.41, 5.74) is 0.337. The lowest BCUT2D eigenvalue weighted by atomic mass is 9.93. The average Bonchev–Trinajstić information content (AvgIpc) is 2.51. The highest BCUT2D eigenvalue weighted by atomic mass is 19.1. The Morgan fingerprint density at radius 2 is 2.10 bits per heavy atom. The predicted octanol–water partition coefficient (Wildman–Crippen LogP) is 3.45. The Kier molecular flexibility index (Phi) is 5.53. The van der Waals surface area contributed by atoms with Crippen molar-refractivity contribution < 1.29 is 9.18 Å². The Hall–Kier alpha value is -1.65. The average molecular weight is 293 g/mol. The number of amides is 1. The molecule has 1 aromatic rings. The smallest absolute Gasteiger partial charge is 0.257 e. The van der Waals surface area contributed by atoms with E-state index in [1.807, 2.05) is 18.7 Å². The molecule has 116 valence electrons. The van der Waals surface area contributed by atoms with Gasteiger partial charge in [-0.1, -0.05) is 19.3 Å². The Balaban J connectivity index is 2.25. The molecule has 0 spiro atoms. The number of pyridine rings is 1. The maximum atomic E-state index is 13.5. The lowest BCUT2D eigenvalue weighted by molar-refractivity contribution is 0.0648. The number of anilines is 1. The first-order valence-electron chi connectivity index (χ1n) is 7.87. The normalized spacial score (nSPS) is 15.8. The third-order valence-corrected chi connectivity index (χ3v) is 4.05. The van der Waals surface area contributed by atoms with Gasteiger partial charge in [0.25, 0.3) is 5.91 Å². The summed E-state index contributed by atoms with van der Waals surface area (Å²) < 4.78 is 13.5. The summed E-state index contributed by atoms with van der Waals surface area (Å²) in [6.45, 7) is 5.20. The zero-order chi connectivity index (χ0) is 15.2. The molecule has 1 heterocycles. The topological polar surface area (TPSA) is 45.2 Å². The number of hydrogen-bond acceptors (Lipinski definition) is 3. The van der Waals surface area contributed by atoms with Gasteiger partial charge in [0.05, 0.1) is 11.8 Å². The first-order valence-corrected chi connectivity index (χ1v) is 7.87. The molecule has 0 atom stereocenters. The highest BCUT2D eigenvalue weighted by Gasteiger charge is 2.27. The van der Waals surface area contributed by atoms with Crippen LogP contribution < -0.4 is 5.32 Å². The first-order chi connectivity index (χ1) is 10.2. The molecule has 1 fully saturated rings. The van der Waals surface area contributed by atoms with Crippen molar-refractivity contribution in [1.82, 2.24) is 9.88 Å². The molecule has 21 heavy (non-hydrogen) atoms. The molecule has 1 aromatic heterocycles. The van der Waals surface area contributed by atoms with E-state index in [1.165, 1.54) is 12.5 Å². The molecule has 0 radical (unpaired) electrons. The van der Waals surface area contributed by atoms with Crippen molar-refractivity contribution in [2.45, 2.75) is 52.0 Å². The summed E-state index contributed by atoms with van der Waals surface area (Å²) >= 11 is 0. The summed E-state index contributed by atoms with van der Waals surface area (Å²) in [4.78, 5) is 18.7. The van der Waals surface area contributed by atoms with E-state index in [4.69, 9.17) is 0 Å². The van der Waals surface area contributed by atoms with Crippen LogP contribution in [0.2, 0.25) is 0 Å². The molecule has 4 nitrogen and oxygen atoms in total. The third kappa shape index (κ3) is 3.71. The quantitative estimate of drug-likeness (QED) is 0.904. The maximum absolute atomic E-state index is 13.5. The molecule has 1 amide bonds. The minimum Gasteiger partial charge on any atom is -0.370 e. The van der Waals surface area contributed by atoms with Gasteiger partial charge in [-0.2, -0.15) is 0 Å². The molecule has 0 unspecified atom stereocenters. The van der Waals surface area contributed by atoms with Crippen LogP contribution in [-0.2, 0) is 0 Å². The molecular weight excluding hydrogens is 269 g/mol. The number of aromatic nitrogens is 1. The molecule has 5 heteroatoms. The molecule has 1 saturated carbocycles. The predicted molar refractivity (Wildman–Crippen MR) is 81.9 cm³/mol. The minimum absolute atomic E-state index is 0.118. The van der Waals surface area contributed by atoms with Gasteiger partial charge in [-0.25, -0.2) is 9.37 Å². The van der Waals surface area contributed by atoms with Gasteiger partial charge in [0.15, 0.2) is 0 Å². The van der Waals surface area contributed by atoms with E-state index in [0.717, 1.165) is 31.9 Å². The molecule has 0 aliphatic heterocycles. The number of hydrogen-bond donors (Lipinski definition) is 1. The van der Waals surface area contributed by atoms with Gasteiger partial charge < -0.3 is 10.2 Å². The number of rotatable bonds is 5. The van der Waals surface area contributed by atoms with Crippen LogP contribution in [0.3, 0.4) is 0 Å². The second kappa shape index (κ2) is 7.38. The SMILES string of the molecule is CCNc1ncc(F)cc1C(=O)N(CC)C1CCCCC1. The largest absolute Gasteiger partial charge is 0.370 e. The van der Waals surface area contributed by atoms with Crippen molar-refractivity contribution in [2.24, 2.45) is 0 Å². The lowest BCUT2D eigenvalue weighted by Gasteiger charge is -2.34. The van der Waals surface area contributed by atoms with Crippen LogP contribution in [0.15, 0.2) is 12.3 Å². The van der Waals surface area contributed by atoms with E-state index in [-0.39, 0.29) is 11.9 Å². The van der Waals surface area contributed by atoms with Gasteiger partial charge in [-0.3, -0.25) is 4.79 Å². The van der Waals surface area contributed by atoms with Crippen molar-refractivity contribution in [3.05, 3.63) is 23.6 Å².